The zero-order valence-electron chi connectivity index (χ0n) is 40.5. The molecule has 0 spiro atoms. The second-order valence-electron chi connectivity index (χ2n) is 15.5. The van der Waals surface area contributed by atoms with Gasteiger partial charge in [0, 0.05) is 69.9 Å². The SMILES string of the molecule is COC(C(=O)N(C)OC)c1ccc(N2CCOCC2)cc1.COc1cc(-c2ccc(C(=O)C(OC)c3ccc(N4CCOCC4)cc3)o2)cc(OC)c1F.COc1cc(-c2ccco2)cc(OC)c1F. The van der Waals surface area contributed by atoms with Crippen LogP contribution < -0.4 is 28.7 Å². The van der Waals surface area contributed by atoms with E-state index in [9.17, 15) is 18.4 Å². The largest absolute Gasteiger partial charge is 0.494 e. The van der Waals surface area contributed by atoms with Crippen molar-refractivity contribution in [2.75, 3.05) is 119 Å². The minimum atomic E-state index is -0.819. The molecular formula is C52H59F2N3O13. The van der Waals surface area contributed by atoms with Gasteiger partial charge in [0.25, 0.3) is 5.91 Å². The van der Waals surface area contributed by atoms with Crippen LogP contribution >= 0.6 is 0 Å². The predicted octanol–water partition coefficient (Wildman–Crippen LogP) is 8.84. The van der Waals surface area contributed by atoms with Crippen LogP contribution in [0.1, 0.15) is 33.9 Å². The molecule has 2 saturated heterocycles. The maximum absolute atomic E-state index is 14.2. The summed E-state index contributed by atoms with van der Waals surface area (Å²) in [6, 6.07) is 28.5. The number of Topliss-reactive ketones (excluding diaryl/α,β-unsaturated/α-hetero) is 1. The van der Waals surface area contributed by atoms with E-state index in [2.05, 4.69) is 9.80 Å². The van der Waals surface area contributed by atoms with Crippen molar-refractivity contribution in [1.82, 2.24) is 5.06 Å². The second-order valence-corrected chi connectivity index (χ2v) is 15.5. The molecule has 2 unspecified atom stereocenters. The van der Waals surface area contributed by atoms with Crippen molar-refractivity contribution in [3.8, 4) is 45.6 Å². The molecule has 1 amide bonds. The highest BCUT2D eigenvalue weighted by Gasteiger charge is 2.27. The molecule has 4 heterocycles. The van der Waals surface area contributed by atoms with Gasteiger partial charge in [-0.15, -0.1) is 0 Å². The number of halogens is 2. The zero-order valence-corrected chi connectivity index (χ0v) is 40.5. The van der Waals surface area contributed by atoms with E-state index in [1.54, 1.807) is 49.7 Å². The topological polar surface area (TPSA) is 153 Å². The number of hydrogen-bond acceptors (Lipinski definition) is 15. The quantitative estimate of drug-likeness (QED) is 0.0670. The van der Waals surface area contributed by atoms with E-state index in [0.717, 1.165) is 61.9 Å². The molecule has 6 aromatic rings. The fourth-order valence-corrected chi connectivity index (χ4v) is 7.61. The molecule has 2 fully saturated rings. The zero-order chi connectivity index (χ0) is 50.2. The number of ether oxygens (including phenoxy) is 8. The Morgan fingerprint density at radius 3 is 1.39 bits per heavy atom. The van der Waals surface area contributed by atoms with Crippen molar-refractivity contribution in [3.05, 3.63) is 132 Å². The molecule has 0 saturated carbocycles. The highest BCUT2D eigenvalue weighted by molar-refractivity contribution is 5.98. The number of carbonyl (C=O) groups excluding carboxylic acids is 2. The van der Waals surface area contributed by atoms with Crippen LogP contribution in [0, 0.1) is 11.6 Å². The lowest BCUT2D eigenvalue weighted by Crippen LogP contribution is -2.36. The smallest absolute Gasteiger partial charge is 0.279 e. The predicted molar refractivity (Wildman–Crippen MR) is 257 cm³/mol. The molecule has 374 valence electrons. The monoisotopic (exact) mass is 971 g/mol. The first-order valence-electron chi connectivity index (χ1n) is 22.2. The number of amides is 1. The Kier molecular flexibility index (Phi) is 19.2. The van der Waals surface area contributed by atoms with E-state index in [0.29, 0.717) is 35.9 Å². The maximum Gasteiger partial charge on any atom is 0.279 e. The van der Waals surface area contributed by atoms with Crippen molar-refractivity contribution < 1.29 is 69.9 Å². The number of likely N-dealkylation sites (N-methyl/N-ethyl adjacent to an activating group) is 1. The van der Waals surface area contributed by atoms with Gasteiger partial charge in [-0.25, -0.2) is 5.06 Å². The maximum atomic E-state index is 14.2. The average Bonchev–Trinajstić information content (AvgIpc) is 4.15. The van der Waals surface area contributed by atoms with Crippen LogP contribution in [-0.4, -0.2) is 126 Å². The Hall–Kier alpha value is -6.96. The number of anilines is 2. The van der Waals surface area contributed by atoms with Gasteiger partial charge in [-0.2, -0.15) is 8.78 Å². The van der Waals surface area contributed by atoms with Gasteiger partial charge in [-0.3, -0.25) is 14.4 Å². The lowest BCUT2D eigenvalue weighted by molar-refractivity contribution is -0.179. The van der Waals surface area contributed by atoms with Crippen LogP contribution in [0.25, 0.3) is 22.6 Å². The van der Waals surface area contributed by atoms with Crippen LogP contribution in [0.5, 0.6) is 23.0 Å². The number of methoxy groups -OCH3 is 6. The van der Waals surface area contributed by atoms with Crippen LogP contribution in [0.4, 0.5) is 20.2 Å². The summed E-state index contributed by atoms with van der Waals surface area (Å²) in [6.45, 7) is 6.34. The van der Waals surface area contributed by atoms with Crippen molar-refractivity contribution >= 4 is 23.1 Å². The summed E-state index contributed by atoms with van der Waals surface area (Å²) in [5.41, 5.74) is 4.97. The molecule has 2 atom stereocenters. The number of hydroxylamine groups is 2. The lowest BCUT2D eigenvalue weighted by atomic mass is 10.0. The third-order valence-electron chi connectivity index (χ3n) is 11.5. The first kappa shape index (κ1) is 52.4. The molecule has 70 heavy (non-hydrogen) atoms. The summed E-state index contributed by atoms with van der Waals surface area (Å²) < 4.78 is 80.4. The third-order valence-corrected chi connectivity index (χ3v) is 11.5. The van der Waals surface area contributed by atoms with Gasteiger partial charge in [-0.1, -0.05) is 24.3 Å². The molecule has 0 radical (unpaired) electrons. The first-order valence-corrected chi connectivity index (χ1v) is 22.2. The Morgan fingerprint density at radius 2 is 1.00 bits per heavy atom. The number of nitrogens with zero attached hydrogens (tertiary/aromatic N) is 3. The molecule has 8 rings (SSSR count). The first-order chi connectivity index (χ1) is 34.0. The molecule has 4 aromatic carbocycles. The molecule has 0 N–H and O–H groups in total. The van der Waals surface area contributed by atoms with Gasteiger partial charge in [-0.05, 0) is 83.9 Å². The Labute approximate surface area is 406 Å². The van der Waals surface area contributed by atoms with Crippen molar-refractivity contribution in [2.24, 2.45) is 0 Å². The summed E-state index contributed by atoms with van der Waals surface area (Å²) in [6.07, 6.45) is 0.0752. The van der Waals surface area contributed by atoms with Gasteiger partial charge in [0.2, 0.25) is 17.4 Å². The minimum Gasteiger partial charge on any atom is -0.494 e. The van der Waals surface area contributed by atoms with E-state index in [1.165, 1.54) is 67.0 Å². The van der Waals surface area contributed by atoms with Crippen molar-refractivity contribution in [2.45, 2.75) is 12.2 Å². The minimum absolute atomic E-state index is 0.0174. The van der Waals surface area contributed by atoms with Gasteiger partial charge < -0.3 is 56.5 Å². The number of hydrogen-bond donors (Lipinski definition) is 0. The number of furan rings is 2. The highest BCUT2D eigenvalue weighted by atomic mass is 19.1. The van der Waals surface area contributed by atoms with E-state index in [-0.39, 0.29) is 40.4 Å². The van der Waals surface area contributed by atoms with Crippen LogP contribution in [-0.2, 0) is 28.6 Å². The van der Waals surface area contributed by atoms with Crippen molar-refractivity contribution in [3.63, 3.8) is 0 Å². The summed E-state index contributed by atoms with van der Waals surface area (Å²) in [5, 5.41) is 1.17. The molecule has 16 nitrogen and oxygen atoms in total. The molecule has 18 heteroatoms. The highest BCUT2D eigenvalue weighted by Crippen LogP contribution is 2.36. The van der Waals surface area contributed by atoms with E-state index in [4.69, 9.17) is 51.6 Å². The van der Waals surface area contributed by atoms with Crippen molar-refractivity contribution in [1.29, 1.82) is 0 Å². The van der Waals surface area contributed by atoms with Gasteiger partial charge in [0.15, 0.2) is 34.9 Å². The Bertz CT molecular complexity index is 2530. The fourth-order valence-electron chi connectivity index (χ4n) is 7.61. The third kappa shape index (κ3) is 12.8. The molecule has 2 aromatic heterocycles. The van der Waals surface area contributed by atoms with E-state index < -0.39 is 23.8 Å². The van der Waals surface area contributed by atoms with Gasteiger partial charge >= 0.3 is 0 Å². The van der Waals surface area contributed by atoms with E-state index >= 15 is 0 Å². The van der Waals surface area contributed by atoms with Crippen LogP contribution in [0.3, 0.4) is 0 Å². The average molecular weight is 972 g/mol. The second kappa shape index (κ2) is 25.6. The normalized spacial score (nSPS) is 14.3. The summed E-state index contributed by atoms with van der Waals surface area (Å²) in [7, 11) is 11.6. The molecule has 2 aliphatic heterocycles. The van der Waals surface area contributed by atoms with Crippen LogP contribution in [0.2, 0.25) is 0 Å². The molecule has 2 aliphatic rings. The Balaban J connectivity index is 0.000000186. The van der Waals surface area contributed by atoms with Gasteiger partial charge in [0.1, 0.15) is 17.6 Å². The standard InChI is InChI=1S/C25H26FNO6.C15H22N2O4.C12H11FO3/c1-29-21-14-17(15-22(30-2)23(21)26)19-8-9-20(33-19)24(28)25(31-3)16-4-6-18(7-5-16)27-10-12-32-13-11-27;1-16(20-3)15(18)14(19-2)12-4-6-13(7-5-12)17-8-10-21-11-9-17;1-14-10-6-8(9-4-3-5-16-9)7-11(15-2)12(10)13/h4-9,14-15,25H,10-13H2,1-3H3;4-7,14H,8-11H2,1-3H3;3-7H,1-2H3. The van der Waals surface area contributed by atoms with Crippen LogP contribution in [0.15, 0.2) is 112 Å². The molecule has 0 aliphatic carbocycles. The number of rotatable bonds is 16. The summed E-state index contributed by atoms with van der Waals surface area (Å²) >= 11 is 0. The number of ketones is 1. The number of morpholine rings is 2. The Morgan fingerprint density at radius 1 is 0.571 bits per heavy atom. The molecule has 0 bridgehead atoms. The fraction of sp³-hybridized carbons (Fsp3) is 0.346. The summed E-state index contributed by atoms with van der Waals surface area (Å²) in [5.74, 6) is -0.223. The number of carbonyl (C=O) groups is 2. The number of benzene rings is 4. The van der Waals surface area contributed by atoms with E-state index in [1.807, 2.05) is 48.5 Å². The van der Waals surface area contributed by atoms with Gasteiger partial charge in [0.05, 0.1) is 68.2 Å². The molecular weight excluding hydrogens is 913 g/mol. The summed E-state index contributed by atoms with van der Waals surface area (Å²) in [4.78, 5) is 34.7. The lowest BCUT2D eigenvalue weighted by Gasteiger charge is -2.29.